The van der Waals surface area contributed by atoms with Crippen LogP contribution < -0.4 is 0 Å². The summed E-state index contributed by atoms with van der Waals surface area (Å²) in [5.41, 5.74) is 18.5. The first-order valence-electron chi connectivity index (χ1n) is 23.3. The summed E-state index contributed by atoms with van der Waals surface area (Å²) in [5, 5.41) is 0. The highest BCUT2D eigenvalue weighted by molar-refractivity contribution is 5.31. The highest BCUT2D eigenvalue weighted by Gasteiger charge is 1.95. The summed E-state index contributed by atoms with van der Waals surface area (Å²) in [6.45, 7) is 28.3. The number of rotatable bonds is 11. The Hall–Kier alpha value is -4.68. The van der Waals surface area contributed by atoms with Gasteiger partial charge in [-0.3, -0.25) is 0 Å². The minimum atomic E-state index is 1.14. The summed E-state index contributed by atoms with van der Waals surface area (Å²) >= 11 is 0. The van der Waals surface area contributed by atoms with Crippen molar-refractivity contribution < 1.29 is 0 Å². The maximum Gasteiger partial charge on any atom is -0.0279 e. The smallest absolute Gasteiger partial charge is 0.0279 e. The maximum atomic E-state index is 2.30. The second-order valence-electron chi connectivity index (χ2n) is 16.1. The predicted molar refractivity (Wildman–Crippen MR) is 271 cm³/mol. The molecule has 324 valence electrons. The highest BCUT2D eigenvalue weighted by Crippen LogP contribution is 2.12. The van der Waals surface area contributed by atoms with Gasteiger partial charge in [0.25, 0.3) is 0 Å². The van der Waals surface area contributed by atoms with E-state index >= 15 is 0 Å². The lowest BCUT2D eigenvalue weighted by Gasteiger charge is -2.02. The molecule has 0 spiro atoms. The van der Waals surface area contributed by atoms with E-state index in [1.165, 1.54) is 111 Å². The molecule has 0 heteroatoms. The third kappa shape index (κ3) is 24.4. The van der Waals surface area contributed by atoms with E-state index < -0.39 is 0 Å². The van der Waals surface area contributed by atoms with Crippen LogP contribution in [0.1, 0.15) is 146 Å². The minimum absolute atomic E-state index is 1.14. The molecule has 0 saturated heterocycles. The molecule has 0 aromatic heterocycles. The average molecular weight is 805 g/mol. The van der Waals surface area contributed by atoms with Crippen LogP contribution in [0.15, 0.2) is 140 Å². The Morgan fingerprint density at radius 2 is 0.800 bits per heavy atom. The molecule has 0 saturated carbocycles. The lowest BCUT2D eigenvalue weighted by Crippen LogP contribution is -1.87. The third-order valence-corrected chi connectivity index (χ3v) is 10.6. The Balaban J connectivity index is 0.000000361. The molecule has 6 aromatic rings. The van der Waals surface area contributed by atoms with Crippen LogP contribution in [-0.2, 0) is 44.9 Å². The lowest BCUT2D eigenvalue weighted by molar-refractivity contribution is 0.717. The average Bonchev–Trinajstić information content (AvgIpc) is 3.26. The van der Waals surface area contributed by atoms with Gasteiger partial charge in [0.05, 0.1) is 0 Å². The largest absolute Gasteiger partial charge is 0.0654 e. The zero-order chi connectivity index (χ0) is 44.5. The Kier molecular flexibility index (Phi) is 29.4. The van der Waals surface area contributed by atoms with E-state index in [4.69, 9.17) is 0 Å². The number of hydrogen-bond acceptors (Lipinski definition) is 0. The highest BCUT2D eigenvalue weighted by atomic mass is 14.0. The Bertz CT molecular complexity index is 1920. The van der Waals surface area contributed by atoms with E-state index in [9.17, 15) is 0 Å². The minimum Gasteiger partial charge on any atom is -0.0654 e. The Labute approximate surface area is 371 Å². The second kappa shape index (κ2) is 33.1. The van der Waals surface area contributed by atoms with E-state index in [-0.39, 0.29) is 0 Å². The fourth-order valence-electron chi connectivity index (χ4n) is 6.81. The molecule has 0 amide bonds. The van der Waals surface area contributed by atoms with Crippen molar-refractivity contribution in [1.29, 1.82) is 0 Å². The van der Waals surface area contributed by atoms with Gasteiger partial charge in [-0.1, -0.05) is 230 Å². The van der Waals surface area contributed by atoms with Crippen molar-refractivity contribution >= 4 is 0 Å². The fourth-order valence-corrected chi connectivity index (χ4v) is 6.81. The summed E-state index contributed by atoms with van der Waals surface area (Å²) in [5.74, 6) is 0. The van der Waals surface area contributed by atoms with Gasteiger partial charge < -0.3 is 0 Å². The molecule has 0 radical (unpaired) electrons. The zero-order valence-electron chi connectivity index (χ0n) is 40.6. The van der Waals surface area contributed by atoms with E-state index in [1.54, 1.807) is 0 Å². The van der Waals surface area contributed by atoms with Gasteiger partial charge in [-0.25, -0.2) is 0 Å². The first kappa shape index (κ1) is 53.3. The van der Waals surface area contributed by atoms with E-state index in [0.29, 0.717) is 0 Å². The van der Waals surface area contributed by atoms with Crippen LogP contribution >= 0.6 is 0 Å². The molecule has 6 aromatic carbocycles. The van der Waals surface area contributed by atoms with Crippen molar-refractivity contribution in [3.8, 4) is 0 Å². The molecule has 0 heterocycles. The summed E-state index contributed by atoms with van der Waals surface area (Å²) < 4.78 is 0. The summed E-state index contributed by atoms with van der Waals surface area (Å²) in [7, 11) is 0. The second-order valence-corrected chi connectivity index (χ2v) is 16.1. The standard InChI is InChI=1S/2C11H16.2C10H14.2C9H12/c1-4-10-6-9(3)7-11(5-2)8-10;1-2-3-5-8-11-9-6-4-7-10-11;1-4-10-6-5-8(2)7-9(10)3;1-3-5-10-7-4-6-9(2)8-10;1-3-9-6-4-8(2)5-7-9;1-3-9-7-5-4-6-8(9)2/h6-8H,4-5H2,1-3H3;4,6-7,9-10H,2-3,5,8H2,1H3;5-7H,4H2,1-3H3;4,6-8H,3,5H2,1-2H3;2*4-7H,3H2,1-2H3. The quantitative estimate of drug-likeness (QED) is 0.114. The lowest BCUT2D eigenvalue weighted by atomic mass is 10.0. The molecule has 0 aliphatic heterocycles. The molecule has 0 bridgehead atoms. The molecular weight excluding hydrogens is 721 g/mol. The predicted octanol–water partition coefficient (Wildman–Crippen LogP) is 17.5. The van der Waals surface area contributed by atoms with Crippen molar-refractivity contribution in [2.45, 2.75) is 161 Å². The van der Waals surface area contributed by atoms with Crippen LogP contribution in [-0.4, -0.2) is 0 Å². The first-order valence-corrected chi connectivity index (χ1v) is 23.3. The molecule has 0 fully saturated rings. The van der Waals surface area contributed by atoms with Gasteiger partial charge in [0.15, 0.2) is 0 Å². The van der Waals surface area contributed by atoms with Crippen LogP contribution in [0.5, 0.6) is 0 Å². The Morgan fingerprint density at radius 3 is 1.30 bits per heavy atom. The normalized spacial score (nSPS) is 9.82. The van der Waals surface area contributed by atoms with Crippen molar-refractivity contribution in [1.82, 2.24) is 0 Å². The molecule has 0 aliphatic rings. The topological polar surface area (TPSA) is 0 Å². The van der Waals surface area contributed by atoms with Gasteiger partial charge in [-0.05, 0) is 143 Å². The SMILES string of the molecule is CCCCCc1ccccc1.CCCc1cccc(C)c1.CCc1cc(C)cc(CC)c1.CCc1ccc(C)cc1.CCc1ccc(C)cc1C.CCc1ccccc1C. The van der Waals surface area contributed by atoms with Crippen LogP contribution in [0.2, 0.25) is 0 Å². The summed E-state index contributed by atoms with van der Waals surface area (Å²) in [4.78, 5) is 0. The maximum absolute atomic E-state index is 2.30. The molecule has 60 heavy (non-hydrogen) atoms. The summed E-state index contributed by atoms with van der Waals surface area (Å²) in [6.07, 6.45) is 13.4. The van der Waals surface area contributed by atoms with Crippen LogP contribution in [0.3, 0.4) is 0 Å². The van der Waals surface area contributed by atoms with Gasteiger partial charge >= 0.3 is 0 Å². The molecular formula is C60H84. The third-order valence-electron chi connectivity index (χ3n) is 10.6. The van der Waals surface area contributed by atoms with Gasteiger partial charge in [0.2, 0.25) is 0 Å². The van der Waals surface area contributed by atoms with Crippen molar-refractivity contribution in [3.05, 3.63) is 212 Å². The van der Waals surface area contributed by atoms with E-state index in [1.807, 2.05) is 0 Å². The number of benzene rings is 6. The fraction of sp³-hybridized carbons (Fsp3) is 0.400. The van der Waals surface area contributed by atoms with Gasteiger partial charge in [-0.2, -0.15) is 0 Å². The van der Waals surface area contributed by atoms with Gasteiger partial charge in [0.1, 0.15) is 0 Å². The molecule has 6 rings (SSSR count). The van der Waals surface area contributed by atoms with Crippen LogP contribution in [0.25, 0.3) is 0 Å². The van der Waals surface area contributed by atoms with Crippen LogP contribution in [0, 0.1) is 41.5 Å². The Morgan fingerprint density at radius 1 is 0.283 bits per heavy atom. The summed E-state index contributed by atoms with van der Waals surface area (Å²) in [6, 6.07) is 50.0. The number of hydrogen-bond donors (Lipinski definition) is 0. The molecule has 0 N–H and O–H groups in total. The van der Waals surface area contributed by atoms with Crippen molar-refractivity contribution in [2.75, 3.05) is 0 Å². The molecule has 0 nitrogen and oxygen atoms in total. The van der Waals surface area contributed by atoms with Crippen molar-refractivity contribution in [2.24, 2.45) is 0 Å². The van der Waals surface area contributed by atoms with Gasteiger partial charge in [-0.15, -0.1) is 0 Å². The number of unbranched alkanes of at least 4 members (excludes halogenated alkanes) is 2. The number of aryl methyl sites for hydroxylation is 13. The monoisotopic (exact) mass is 805 g/mol. The molecule has 0 aliphatic carbocycles. The molecule has 0 unspecified atom stereocenters. The van der Waals surface area contributed by atoms with E-state index in [2.05, 4.69) is 230 Å². The zero-order valence-corrected chi connectivity index (χ0v) is 40.6. The first-order chi connectivity index (χ1) is 28.9. The van der Waals surface area contributed by atoms with E-state index in [0.717, 1.165) is 32.1 Å². The van der Waals surface area contributed by atoms with Crippen molar-refractivity contribution in [3.63, 3.8) is 0 Å². The van der Waals surface area contributed by atoms with Crippen LogP contribution in [0.4, 0.5) is 0 Å². The van der Waals surface area contributed by atoms with Gasteiger partial charge in [0, 0.05) is 0 Å². The molecule has 0 atom stereocenters.